The summed E-state index contributed by atoms with van der Waals surface area (Å²) in [5.74, 6) is -0.309. The van der Waals surface area contributed by atoms with Gasteiger partial charge < -0.3 is 15.4 Å². The number of ether oxygens (including phenoxy) is 1. The van der Waals surface area contributed by atoms with Crippen LogP contribution in [0.2, 0.25) is 0 Å². The Morgan fingerprint density at radius 2 is 1.79 bits per heavy atom. The van der Waals surface area contributed by atoms with Gasteiger partial charge in [-0.3, -0.25) is 9.59 Å². The summed E-state index contributed by atoms with van der Waals surface area (Å²) >= 11 is 0. The highest BCUT2D eigenvalue weighted by molar-refractivity contribution is 6.05. The highest BCUT2D eigenvalue weighted by atomic mass is 16.5. The van der Waals surface area contributed by atoms with Gasteiger partial charge in [0.2, 0.25) is 0 Å². The van der Waals surface area contributed by atoms with Gasteiger partial charge in [-0.2, -0.15) is 0 Å². The largest absolute Gasteiger partial charge is 0.380 e. The Morgan fingerprint density at radius 1 is 1.04 bits per heavy atom. The first-order valence-electron chi connectivity index (χ1n) is 7.96. The molecule has 1 aliphatic carbocycles. The van der Waals surface area contributed by atoms with E-state index in [1.54, 1.807) is 43.5 Å². The molecule has 0 atom stereocenters. The molecule has 1 aliphatic rings. The highest BCUT2D eigenvalue weighted by Gasteiger charge is 2.23. The molecule has 5 nitrogen and oxygen atoms in total. The van der Waals surface area contributed by atoms with Gasteiger partial charge in [-0.1, -0.05) is 18.2 Å². The van der Waals surface area contributed by atoms with Crippen molar-refractivity contribution in [2.45, 2.75) is 25.5 Å². The van der Waals surface area contributed by atoms with Crippen LogP contribution in [0, 0.1) is 0 Å². The van der Waals surface area contributed by atoms with Crippen molar-refractivity contribution in [2.75, 3.05) is 12.4 Å². The zero-order valence-electron chi connectivity index (χ0n) is 13.5. The normalized spacial score (nSPS) is 13.4. The van der Waals surface area contributed by atoms with Crippen LogP contribution in [0.1, 0.15) is 39.1 Å². The van der Waals surface area contributed by atoms with E-state index in [2.05, 4.69) is 10.6 Å². The average molecular weight is 324 g/mol. The van der Waals surface area contributed by atoms with Crippen molar-refractivity contribution in [2.24, 2.45) is 0 Å². The van der Waals surface area contributed by atoms with Crippen LogP contribution in [0.3, 0.4) is 0 Å². The van der Waals surface area contributed by atoms with Crippen molar-refractivity contribution in [3.63, 3.8) is 0 Å². The predicted octanol–water partition coefficient (Wildman–Crippen LogP) is 2.98. The van der Waals surface area contributed by atoms with Crippen molar-refractivity contribution in [1.29, 1.82) is 0 Å². The molecule has 0 bridgehead atoms. The van der Waals surface area contributed by atoms with Crippen molar-refractivity contribution < 1.29 is 14.3 Å². The van der Waals surface area contributed by atoms with Crippen molar-refractivity contribution in [3.8, 4) is 0 Å². The van der Waals surface area contributed by atoms with Crippen LogP contribution >= 0.6 is 0 Å². The fraction of sp³-hybridized carbons (Fsp3) is 0.263. The lowest BCUT2D eigenvalue weighted by Gasteiger charge is -2.08. The second kappa shape index (κ2) is 7.27. The summed E-state index contributed by atoms with van der Waals surface area (Å²) < 4.78 is 5.05. The summed E-state index contributed by atoms with van der Waals surface area (Å²) in [7, 11) is 1.63. The third-order valence-corrected chi connectivity index (χ3v) is 3.82. The minimum atomic E-state index is -0.210. The molecule has 0 aliphatic heterocycles. The van der Waals surface area contributed by atoms with E-state index in [1.807, 2.05) is 12.1 Å². The average Bonchev–Trinajstić information content (AvgIpc) is 3.40. The molecule has 2 amide bonds. The molecule has 2 aromatic rings. The second-order valence-corrected chi connectivity index (χ2v) is 5.91. The number of benzene rings is 2. The van der Waals surface area contributed by atoms with Crippen LogP contribution < -0.4 is 10.6 Å². The van der Waals surface area contributed by atoms with Crippen LogP contribution in [0.5, 0.6) is 0 Å². The molecule has 3 rings (SSSR count). The van der Waals surface area contributed by atoms with E-state index in [4.69, 9.17) is 4.74 Å². The first-order chi connectivity index (χ1) is 11.7. The minimum Gasteiger partial charge on any atom is -0.380 e. The lowest BCUT2D eigenvalue weighted by Crippen LogP contribution is -2.25. The first-order valence-corrected chi connectivity index (χ1v) is 7.96. The fourth-order valence-electron chi connectivity index (χ4n) is 2.36. The van der Waals surface area contributed by atoms with Gasteiger partial charge in [0.15, 0.2) is 0 Å². The number of rotatable bonds is 6. The quantitative estimate of drug-likeness (QED) is 0.858. The van der Waals surface area contributed by atoms with Crippen LogP contribution in [0.4, 0.5) is 5.69 Å². The van der Waals surface area contributed by atoms with Crippen LogP contribution in [-0.4, -0.2) is 25.0 Å². The Kier molecular flexibility index (Phi) is 4.91. The third-order valence-electron chi connectivity index (χ3n) is 3.82. The number of carbonyl (C=O) groups excluding carboxylic acids is 2. The molecule has 124 valence electrons. The Hall–Kier alpha value is -2.66. The van der Waals surface area contributed by atoms with E-state index < -0.39 is 0 Å². The smallest absolute Gasteiger partial charge is 0.255 e. The monoisotopic (exact) mass is 324 g/mol. The van der Waals surface area contributed by atoms with Crippen LogP contribution in [0.25, 0.3) is 0 Å². The summed E-state index contributed by atoms with van der Waals surface area (Å²) in [6, 6.07) is 14.5. The lowest BCUT2D eigenvalue weighted by molar-refractivity contribution is 0.0949. The number of amides is 2. The first kappa shape index (κ1) is 16.2. The number of hydrogen-bond donors (Lipinski definition) is 2. The second-order valence-electron chi connectivity index (χ2n) is 5.91. The molecule has 0 saturated heterocycles. The predicted molar refractivity (Wildman–Crippen MR) is 92.0 cm³/mol. The fourth-order valence-corrected chi connectivity index (χ4v) is 2.36. The van der Waals surface area contributed by atoms with Crippen LogP contribution in [-0.2, 0) is 11.3 Å². The van der Waals surface area contributed by atoms with Gasteiger partial charge in [-0.15, -0.1) is 0 Å². The van der Waals surface area contributed by atoms with E-state index >= 15 is 0 Å². The Balaban J connectivity index is 1.66. The van der Waals surface area contributed by atoms with Gasteiger partial charge in [0.25, 0.3) is 11.8 Å². The van der Waals surface area contributed by atoms with Gasteiger partial charge in [-0.05, 0) is 48.7 Å². The summed E-state index contributed by atoms with van der Waals surface area (Å²) in [6.07, 6.45) is 2.09. The maximum Gasteiger partial charge on any atom is 0.255 e. The summed E-state index contributed by atoms with van der Waals surface area (Å²) in [5.41, 5.74) is 2.72. The number of nitrogens with one attached hydrogen (secondary N) is 2. The molecule has 0 unspecified atom stereocenters. The molecule has 1 saturated carbocycles. The third kappa shape index (κ3) is 4.20. The molecule has 0 aromatic heterocycles. The topological polar surface area (TPSA) is 67.4 Å². The molecule has 5 heteroatoms. The summed E-state index contributed by atoms with van der Waals surface area (Å²) in [6.45, 7) is 0.514. The minimum absolute atomic E-state index is 0.0995. The Morgan fingerprint density at radius 3 is 2.46 bits per heavy atom. The lowest BCUT2D eigenvalue weighted by atomic mass is 10.1. The van der Waals surface area contributed by atoms with E-state index in [9.17, 15) is 9.59 Å². The number of carbonyl (C=O) groups is 2. The standard InChI is InChI=1S/C19H20N2O3/c1-24-12-13-5-7-14(8-6-13)18(22)21-17-4-2-3-15(11-17)19(23)20-16-9-10-16/h2-8,11,16H,9-10,12H2,1H3,(H,20,23)(H,21,22). The molecule has 2 N–H and O–H groups in total. The molecule has 0 radical (unpaired) electrons. The molecular weight excluding hydrogens is 304 g/mol. The van der Waals surface area contributed by atoms with Gasteiger partial charge >= 0.3 is 0 Å². The van der Waals surface area contributed by atoms with Crippen molar-refractivity contribution in [3.05, 3.63) is 65.2 Å². The van der Waals surface area contributed by atoms with Crippen molar-refractivity contribution in [1.82, 2.24) is 5.32 Å². The zero-order chi connectivity index (χ0) is 16.9. The molecule has 0 spiro atoms. The Bertz CT molecular complexity index is 737. The van der Waals surface area contributed by atoms with E-state index in [1.165, 1.54) is 0 Å². The molecular formula is C19H20N2O3. The van der Waals surface area contributed by atoms with Crippen LogP contribution in [0.15, 0.2) is 48.5 Å². The summed E-state index contributed by atoms with van der Waals surface area (Å²) in [5, 5.41) is 5.76. The SMILES string of the molecule is COCc1ccc(C(=O)Nc2cccc(C(=O)NC3CC3)c2)cc1. The Labute approximate surface area is 141 Å². The molecule has 1 fully saturated rings. The molecule has 2 aromatic carbocycles. The highest BCUT2D eigenvalue weighted by Crippen LogP contribution is 2.20. The number of hydrogen-bond acceptors (Lipinski definition) is 3. The van der Waals surface area contributed by atoms with Crippen molar-refractivity contribution >= 4 is 17.5 Å². The zero-order valence-corrected chi connectivity index (χ0v) is 13.5. The molecule has 0 heterocycles. The maximum absolute atomic E-state index is 12.3. The van der Waals surface area contributed by atoms with Gasteiger partial charge in [0, 0.05) is 30.0 Å². The van der Waals surface area contributed by atoms with E-state index in [0.717, 1.165) is 18.4 Å². The van der Waals surface area contributed by atoms with E-state index in [0.29, 0.717) is 29.5 Å². The number of anilines is 1. The molecule has 24 heavy (non-hydrogen) atoms. The van der Waals surface area contributed by atoms with Gasteiger partial charge in [0.1, 0.15) is 0 Å². The maximum atomic E-state index is 12.3. The summed E-state index contributed by atoms with van der Waals surface area (Å²) in [4.78, 5) is 24.4. The van der Waals surface area contributed by atoms with E-state index in [-0.39, 0.29) is 11.8 Å². The van der Waals surface area contributed by atoms with Gasteiger partial charge in [0.05, 0.1) is 6.61 Å². The van der Waals surface area contributed by atoms with Gasteiger partial charge in [-0.25, -0.2) is 0 Å². The number of methoxy groups -OCH3 is 1.